The molecule has 9 nitrogen and oxygen atoms in total. The van der Waals surface area contributed by atoms with Gasteiger partial charge in [-0.3, -0.25) is 4.72 Å². The number of hydrogen-bond acceptors (Lipinski definition) is 8. The van der Waals surface area contributed by atoms with Crippen molar-refractivity contribution in [3.63, 3.8) is 0 Å². The van der Waals surface area contributed by atoms with Crippen LogP contribution in [0.4, 0.5) is 11.4 Å². The second-order valence-electron chi connectivity index (χ2n) is 7.22. The third kappa shape index (κ3) is 4.14. The molecule has 0 aromatic heterocycles. The molecule has 4 rings (SSSR count). The first kappa shape index (κ1) is 19.1. The van der Waals surface area contributed by atoms with Gasteiger partial charge in [0.25, 0.3) is 0 Å². The van der Waals surface area contributed by atoms with Gasteiger partial charge in [-0.2, -0.15) is 10.3 Å². The lowest BCUT2D eigenvalue weighted by Gasteiger charge is -2.34. The quantitative estimate of drug-likeness (QED) is 0.585. The second-order valence-corrected chi connectivity index (χ2v) is 8.96. The summed E-state index contributed by atoms with van der Waals surface area (Å²) in [5.41, 5.74) is 2.96. The Morgan fingerprint density at radius 3 is 2.79 bits per heavy atom. The maximum Gasteiger partial charge on any atom is 0.229 e. The minimum Gasteiger partial charge on any atom is -0.379 e. The van der Waals surface area contributed by atoms with Crippen molar-refractivity contribution in [3.05, 3.63) is 47.2 Å². The van der Waals surface area contributed by atoms with Crippen LogP contribution in [-0.2, 0) is 16.4 Å². The highest BCUT2D eigenvalue weighted by Crippen LogP contribution is 2.31. The van der Waals surface area contributed by atoms with E-state index in [4.69, 9.17) is 0 Å². The Morgan fingerprint density at radius 1 is 1.34 bits per heavy atom. The molecule has 2 heterocycles. The van der Waals surface area contributed by atoms with E-state index >= 15 is 0 Å². The molecule has 0 atom stereocenters. The summed E-state index contributed by atoms with van der Waals surface area (Å²) in [6.07, 6.45) is 9.89. The molecule has 0 bridgehead atoms. The Balaban J connectivity index is 1.66. The van der Waals surface area contributed by atoms with E-state index < -0.39 is 10.0 Å². The smallest absolute Gasteiger partial charge is 0.229 e. The molecular formula is C19H23N7O2S. The fourth-order valence-corrected chi connectivity index (χ4v) is 3.88. The molecule has 1 aromatic rings. The summed E-state index contributed by atoms with van der Waals surface area (Å²) in [4.78, 5) is 4.41. The number of rotatable bonds is 7. The Bertz CT molecular complexity index is 1060. The molecule has 0 saturated heterocycles. The molecule has 1 saturated carbocycles. The minimum absolute atomic E-state index is 0.440. The maximum atomic E-state index is 11.7. The molecule has 3 N–H and O–H groups in total. The van der Waals surface area contributed by atoms with Crippen molar-refractivity contribution in [2.24, 2.45) is 4.99 Å². The van der Waals surface area contributed by atoms with E-state index in [1.54, 1.807) is 17.3 Å². The van der Waals surface area contributed by atoms with Crippen molar-refractivity contribution in [2.75, 3.05) is 22.8 Å². The van der Waals surface area contributed by atoms with E-state index in [0.717, 1.165) is 36.2 Å². The van der Waals surface area contributed by atoms with Crippen molar-refractivity contribution in [1.82, 2.24) is 15.3 Å². The summed E-state index contributed by atoms with van der Waals surface area (Å²) < 4.78 is 26.0. The predicted molar refractivity (Wildman–Crippen MR) is 112 cm³/mol. The average molecular weight is 414 g/mol. The zero-order valence-electron chi connectivity index (χ0n) is 16.3. The normalized spacial score (nSPS) is 18.3. The largest absolute Gasteiger partial charge is 0.379 e. The van der Waals surface area contributed by atoms with Crippen molar-refractivity contribution in [3.8, 4) is 6.19 Å². The maximum absolute atomic E-state index is 11.7. The lowest BCUT2D eigenvalue weighted by Crippen LogP contribution is -2.42. The van der Waals surface area contributed by atoms with Crippen LogP contribution in [0.25, 0.3) is 0 Å². The summed E-state index contributed by atoms with van der Waals surface area (Å²) in [6, 6.07) is 5.93. The molecule has 0 radical (unpaired) electrons. The fourth-order valence-electron chi connectivity index (χ4n) is 3.29. The molecule has 0 unspecified atom stereocenters. The van der Waals surface area contributed by atoms with Crippen LogP contribution in [0.3, 0.4) is 0 Å². The van der Waals surface area contributed by atoms with Crippen molar-refractivity contribution in [1.29, 1.82) is 5.26 Å². The number of hydrazine groups is 1. The zero-order valence-corrected chi connectivity index (χ0v) is 17.1. The van der Waals surface area contributed by atoms with E-state index in [0.29, 0.717) is 36.2 Å². The Labute approximate surface area is 170 Å². The first-order valence-electron chi connectivity index (χ1n) is 9.48. The SMILES string of the molecule is CCc1ccc(NC2=CC(NC3CC3)=C3N=CCN3N2C#N)cc1NS(C)(=O)=O. The first-order valence-corrected chi connectivity index (χ1v) is 11.4. The number of fused-ring (bicyclic) bond motifs is 1. The summed E-state index contributed by atoms with van der Waals surface area (Å²) in [6.45, 7) is 2.47. The number of nitrogens with zero attached hydrogens (tertiary/aromatic N) is 4. The van der Waals surface area contributed by atoms with Crippen LogP contribution >= 0.6 is 0 Å². The molecule has 152 valence electrons. The van der Waals surface area contributed by atoms with E-state index in [1.807, 2.05) is 25.1 Å². The highest BCUT2D eigenvalue weighted by molar-refractivity contribution is 7.92. The minimum atomic E-state index is -3.40. The van der Waals surface area contributed by atoms with E-state index in [-0.39, 0.29) is 0 Å². The van der Waals surface area contributed by atoms with Crippen LogP contribution < -0.4 is 15.4 Å². The number of aryl methyl sites for hydroxylation is 1. The number of allylic oxidation sites excluding steroid dienone is 1. The molecular weight excluding hydrogens is 390 g/mol. The summed E-state index contributed by atoms with van der Waals surface area (Å²) in [5, 5.41) is 19.7. The van der Waals surface area contributed by atoms with Gasteiger partial charge in [-0.15, -0.1) is 0 Å². The van der Waals surface area contributed by atoms with Crippen LogP contribution in [0.2, 0.25) is 0 Å². The predicted octanol–water partition coefficient (Wildman–Crippen LogP) is 1.89. The van der Waals surface area contributed by atoms with Crippen LogP contribution in [0.5, 0.6) is 0 Å². The number of hydrogen-bond donors (Lipinski definition) is 3. The standard InChI is InChI=1S/C19H23N7O2S/c1-3-13-4-5-15(10-16(13)24-29(2,27)28)23-18-11-17(22-14-6-7-14)19-21-8-9-25(19)26(18)12-20/h4-5,8,10-11,14,22-24H,3,6-7,9H2,1-2H3. The van der Waals surface area contributed by atoms with Crippen LogP contribution in [0, 0.1) is 11.5 Å². The zero-order chi connectivity index (χ0) is 20.6. The molecule has 1 aliphatic carbocycles. The molecule has 1 fully saturated rings. The molecule has 0 amide bonds. The van der Waals surface area contributed by atoms with Gasteiger partial charge in [0.15, 0.2) is 5.82 Å². The molecule has 29 heavy (non-hydrogen) atoms. The van der Waals surface area contributed by atoms with Gasteiger partial charge in [0.1, 0.15) is 5.82 Å². The highest BCUT2D eigenvalue weighted by Gasteiger charge is 2.33. The fraction of sp³-hybridized carbons (Fsp3) is 0.368. The van der Waals surface area contributed by atoms with Gasteiger partial charge in [0.2, 0.25) is 16.2 Å². The number of benzene rings is 1. The highest BCUT2D eigenvalue weighted by atomic mass is 32.2. The molecule has 3 aliphatic rings. The van der Waals surface area contributed by atoms with Gasteiger partial charge < -0.3 is 10.6 Å². The molecule has 2 aliphatic heterocycles. The summed E-state index contributed by atoms with van der Waals surface area (Å²) in [5.74, 6) is 1.30. The van der Waals surface area contributed by atoms with Crippen molar-refractivity contribution in [2.45, 2.75) is 32.2 Å². The number of sulfonamides is 1. The third-order valence-electron chi connectivity index (χ3n) is 4.79. The summed E-state index contributed by atoms with van der Waals surface area (Å²) in [7, 11) is -3.40. The number of nitrogens with one attached hydrogen (secondary N) is 3. The molecule has 10 heteroatoms. The van der Waals surface area contributed by atoms with Crippen molar-refractivity contribution < 1.29 is 8.42 Å². The topological polar surface area (TPSA) is 113 Å². The Morgan fingerprint density at radius 2 is 2.14 bits per heavy atom. The second kappa shape index (κ2) is 7.33. The van der Waals surface area contributed by atoms with Gasteiger partial charge in [0, 0.05) is 24.0 Å². The number of aliphatic imine (C=N–C) groups is 1. The monoisotopic (exact) mass is 413 g/mol. The number of anilines is 2. The van der Waals surface area contributed by atoms with Gasteiger partial charge in [-0.25, -0.2) is 18.4 Å². The van der Waals surface area contributed by atoms with E-state index in [2.05, 4.69) is 26.5 Å². The van der Waals surface area contributed by atoms with Gasteiger partial charge >= 0.3 is 0 Å². The van der Waals surface area contributed by atoms with Gasteiger partial charge in [0.05, 0.1) is 24.2 Å². The summed E-state index contributed by atoms with van der Waals surface area (Å²) >= 11 is 0. The van der Waals surface area contributed by atoms with E-state index in [9.17, 15) is 13.7 Å². The number of nitriles is 1. The van der Waals surface area contributed by atoms with Crippen LogP contribution in [0.1, 0.15) is 25.3 Å². The van der Waals surface area contributed by atoms with Crippen molar-refractivity contribution >= 4 is 27.6 Å². The Kier molecular flexibility index (Phi) is 4.84. The molecule has 1 aromatic carbocycles. The lowest BCUT2D eigenvalue weighted by atomic mass is 10.1. The first-order chi connectivity index (χ1) is 13.9. The van der Waals surface area contributed by atoms with Crippen LogP contribution in [0.15, 0.2) is 46.6 Å². The average Bonchev–Trinajstić information content (AvgIpc) is 3.33. The lowest BCUT2D eigenvalue weighted by molar-refractivity contribution is 0.131. The van der Waals surface area contributed by atoms with E-state index in [1.165, 1.54) is 5.01 Å². The third-order valence-corrected chi connectivity index (χ3v) is 5.39. The van der Waals surface area contributed by atoms with Crippen LogP contribution in [-0.4, -0.2) is 43.5 Å². The Hall–Kier alpha value is -3.19. The van der Waals surface area contributed by atoms with Gasteiger partial charge in [-0.1, -0.05) is 13.0 Å². The van der Waals surface area contributed by atoms with Gasteiger partial charge in [-0.05, 0) is 37.0 Å². The molecule has 0 spiro atoms.